The van der Waals surface area contributed by atoms with Crippen LogP contribution in [0, 0.1) is 17.3 Å². The van der Waals surface area contributed by atoms with Crippen molar-refractivity contribution in [3.05, 3.63) is 29.8 Å². The summed E-state index contributed by atoms with van der Waals surface area (Å²) in [5.41, 5.74) is 8.51. The Morgan fingerprint density at radius 3 is 2.41 bits per heavy atom. The SMILES string of the molecule is CCOC(=O)C(C)(C)c1ccc(NCC(N)C(C2CCC2)C2(C)CC2)cc1. The molecule has 1 aromatic rings. The monoisotopic (exact) mass is 372 g/mol. The van der Waals surface area contributed by atoms with E-state index in [9.17, 15) is 4.79 Å². The number of rotatable bonds is 9. The van der Waals surface area contributed by atoms with Gasteiger partial charge in [0.25, 0.3) is 0 Å². The maximum Gasteiger partial charge on any atom is 0.315 e. The number of carbonyl (C=O) groups excluding carboxylic acids is 1. The minimum Gasteiger partial charge on any atom is -0.465 e. The lowest BCUT2D eigenvalue weighted by atomic mass is 9.66. The first kappa shape index (κ1) is 20.2. The van der Waals surface area contributed by atoms with Gasteiger partial charge in [0.05, 0.1) is 12.0 Å². The summed E-state index contributed by atoms with van der Waals surface area (Å²) in [6.45, 7) is 9.27. The van der Waals surface area contributed by atoms with Crippen molar-refractivity contribution in [2.75, 3.05) is 18.5 Å². The molecule has 3 rings (SSSR count). The molecule has 4 nitrogen and oxygen atoms in total. The number of benzene rings is 1. The number of carbonyl (C=O) groups is 1. The highest BCUT2D eigenvalue weighted by Crippen LogP contribution is 2.58. The van der Waals surface area contributed by atoms with Crippen molar-refractivity contribution in [3.63, 3.8) is 0 Å². The van der Waals surface area contributed by atoms with E-state index in [4.69, 9.17) is 10.5 Å². The standard InChI is InChI=1S/C23H36N2O2/c1-5-27-21(26)22(2,3)17-9-11-18(12-10-17)25-15-19(24)20(16-7-6-8-16)23(4)13-14-23/h9-12,16,19-20,25H,5-8,13-15,24H2,1-4H3. The normalized spacial score (nSPS) is 21.1. The van der Waals surface area contributed by atoms with Crippen LogP contribution in [-0.4, -0.2) is 25.2 Å². The molecule has 0 heterocycles. The molecule has 1 aromatic carbocycles. The van der Waals surface area contributed by atoms with Gasteiger partial charge in [-0.1, -0.05) is 38.3 Å². The summed E-state index contributed by atoms with van der Waals surface area (Å²) in [5, 5.41) is 3.52. The number of esters is 1. The van der Waals surface area contributed by atoms with Crippen molar-refractivity contribution in [2.24, 2.45) is 23.0 Å². The topological polar surface area (TPSA) is 64.3 Å². The lowest BCUT2D eigenvalue weighted by Gasteiger charge is -2.41. The average molecular weight is 373 g/mol. The Kier molecular flexibility index (Phi) is 5.85. The molecule has 27 heavy (non-hydrogen) atoms. The van der Waals surface area contributed by atoms with Gasteiger partial charge in [-0.3, -0.25) is 4.79 Å². The second kappa shape index (κ2) is 7.83. The van der Waals surface area contributed by atoms with E-state index in [1.807, 2.05) is 45.0 Å². The van der Waals surface area contributed by atoms with Crippen LogP contribution >= 0.6 is 0 Å². The van der Waals surface area contributed by atoms with Gasteiger partial charge in [-0.2, -0.15) is 0 Å². The maximum atomic E-state index is 12.2. The van der Waals surface area contributed by atoms with E-state index in [1.54, 1.807) is 0 Å². The Morgan fingerprint density at radius 2 is 1.93 bits per heavy atom. The van der Waals surface area contributed by atoms with Gasteiger partial charge in [0.1, 0.15) is 0 Å². The molecule has 0 aromatic heterocycles. The summed E-state index contributed by atoms with van der Waals surface area (Å²) in [5.74, 6) is 1.27. The van der Waals surface area contributed by atoms with Gasteiger partial charge >= 0.3 is 5.97 Å². The molecule has 0 bridgehead atoms. The molecule has 3 N–H and O–H groups in total. The van der Waals surface area contributed by atoms with Crippen molar-refractivity contribution in [1.82, 2.24) is 0 Å². The van der Waals surface area contributed by atoms with E-state index in [2.05, 4.69) is 12.2 Å². The molecule has 0 amide bonds. The van der Waals surface area contributed by atoms with Crippen LogP contribution in [0.1, 0.15) is 65.4 Å². The number of anilines is 1. The largest absolute Gasteiger partial charge is 0.465 e. The van der Waals surface area contributed by atoms with Crippen molar-refractivity contribution < 1.29 is 9.53 Å². The van der Waals surface area contributed by atoms with Crippen LogP contribution in [0.25, 0.3) is 0 Å². The van der Waals surface area contributed by atoms with Crippen LogP contribution in [0.3, 0.4) is 0 Å². The fourth-order valence-corrected chi connectivity index (χ4v) is 4.56. The van der Waals surface area contributed by atoms with Crippen molar-refractivity contribution in [2.45, 2.75) is 71.3 Å². The van der Waals surface area contributed by atoms with E-state index in [0.717, 1.165) is 23.7 Å². The molecule has 150 valence electrons. The molecule has 0 saturated heterocycles. The molecule has 0 spiro atoms. The number of hydrogen-bond acceptors (Lipinski definition) is 4. The molecular formula is C23H36N2O2. The number of ether oxygens (including phenoxy) is 1. The first-order valence-electron chi connectivity index (χ1n) is 10.5. The summed E-state index contributed by atoms with van der Waals surface area (Å²) in [7, 11) is 0. The molecule has 2 aliphatic carbocycles. The Bertz CT molecular complexity index is 645. The lowest BCUT2D eigenvalue weighted by molar-refractivity contribution is -0.148. The molecule has 2 fully saturated rings. The molecule has 4 heteroatoms. The Hall–Kier alpha value is -1.55. The first-order chi connectivity index (χ1) is 12.8. The second-order valence-corrected chi connectivity index (χ2v) is 9.34. The quantitative estimate of drug-likeness (QED) is 0.627. The zero-order chi connectivity index (χ0) is 19.7. The smallest absolute Gasteiger partial charge is 0.315 e. The summed E-state index contributed by atoms with van der Waals surface area (Å²) in [6, 6.07) is 8.30. The Morgan fingerprint density at radius 1 is 1.30 bits per heavy atom. The zero-order valence-corrected chi connectivity index (χ0v) is 17.4. The van der Waals surface area contributed by atoms with Crippen LogP contribution in [0.4, 0.5) is 5.69 Å². The summed E-state index contributed by atoms with van der Waals surface area (Å²) in [6.07, 6.45) is 6.74. The molecule has 0 radical (unpaired) electrons. The lowest BCUT2D eigenvalue weighted by Crippen LogP contribution is -2.46. The average Bonchev–Trinajstić information content (AvgIpc) is 3.34. The molecule has 2 atom stereocenters. The van der Waals surface area contributed by atoms with E-state index >= 15 is 0 Å². The van der Waals surface area contributed by atoms with Gasteiger partial charge in [0, 0.05) is 18.3 Å². The highest BCUT2D eigenvalue weighted by Gasteiger charge is 2.51. The molecule has 2 unspecified atom stereocenters. The summed E-state index contributed by atoms with van der Waals surface area (Å²) in [4.78, 5) is 12.2. The van der Waals surface area contributed by atoms with E-state index in [-0.39, 0.29) is 12.0 Å². The number of nitrogens with two attached hydrogens (primary N) is 1. The second-order valence-electron chi connectivity index (χ2n) is 9.34. The highest BCUT2D eigenvalue weighted by atomic mass is 16.5. The fraction of sp³-hybridized carbons (Fsp3) is 0.696. The third kappa shape index (κ3) is 4.31. The van der Waals surface area contributed by atoms with Crippen LogP contribution in [0.2, 0.25) is 0 Å². The van der Waals surface area contributed by atoms with E-state index in [0.29, 0.717) is 17.9 Å². The highest BCUT2D eigenvalue weighted by molar-refractivity contribution is 5.82. The number of hydrogen-bond donors (Lipinski definition) is 2. The van der Waals surface area contributed by atoms with Gasteiger partial charge in [-0.15, -0.1) is 0 Å². The Balaban J connectivity index is 1.59. The number of nitrogens with one attached hydrogen (secondary N) is 1. The van der Waals surface area contributed by atoms with Crippen molar-refractivity contribution in [1.29, 1.82) is 0 Å². The Labute approximate surface area is 164 Å². The maximum absolute atomic E-state index is 12.2. The fourth-order valence-electron chi connectivity index (χ4n) is 4.56. The van der Waals surface area contributed by atoms with Crippen LogP contribution in [0.15, 0.2) is 24.3 Å². The van der Waals surface area contributed by atoms with Crippen LogP contribution in [0.5, 0.6) is 0 Å². The predicted octanol–water partition coefficient (Wildman–Crippen LogP) is 4.48. The molecule has 2 aliphatic rings. The van der Waals surface area contributed by atoms with E-state index < -0.39 is 5.41 Å². The van der Waals surface area contributed by atoms with Crippen LogP contribution < -0.4 is 11.1 Å². The van der Waals surface area contributed by atoms with Gasteiger partial charge in [0.15, 0.2) is 0 Å². The first-order valence-corrected chi connectivity index (χ1v) is 10.5. The van der Waals surface area contributed by atoms with Gasteiger partial charge < -0.3 is 15.8 Å². The van der Waals surface area contributed by atoms with Gasteiger partial charge in [-0.05, 0) is 68.6 Å². The minimum atomic E-state index is -0.638. The van der Waals surface area contributed by atoms with Crippen molar-refractivity contribution >= 4 is 11.7 Å². The minimum absolute atomic E-state index is 0.186. The van der Waals surface area contributed by atoms with E-state index in [1.165, 1.54) is 32.1 Å². The van der Waals surface area contributed by atoms with Gasteiger partial charge in [0.2, 0.25) is 0 Å². The van der Waals surface area contributed by atoms with Crippen LogP contribution in [-0.2, 0) is 14.9 Å². The molecular weight excluding hydrogens is 336 g/mol. The molecule has 2 saturated carbocycles. The zero-order valence-electron chi connectivity index (χ0n) is 17.4. The molecule has 0 aliphatic heterocycles. The third-order valence-electron chi connectivity index (χ3n) is 6.90. The summed E-state index contributed by atoms with van der Waals surface area (Å²) < 4.78 is 5.20. The third-order valence-corrected chi connectivity index (χ3v) is 6.90. The van der Waals surface area contributed by atoms with Gasteiger partial charge in [-0.25, -0.2) is 0 Å². The van der Waals surface area contributed by atoms with Crippen molar-refractivity contribution in [3.8, 4) is 0 Å². The summed E-state index contributed by atoms with van der Waals surface area (Å²) >= 11 is 0. The predicted molar refractivity (Wildman–Crippen MR) is 111 cm³/mol.